The molecule has 0 aliphatic heterocycles. The van der Waals surface area contributed by atoms with Gasteiger partial charge in [-0.2, -0.15) is 8.42 Å². The van der Waals surface area contributed by atoms with E-state index in [1.807, 2.05) is 0 Å². The summed E-state index contributed by atoms with van der Waals surface area (Å²) in [5.74, 6) is -1.67. The molecule has 0 aromatic heterocycles. The Kier molecular flexibility index (Phi) is 7.68. The second-order valence-corrected chi connectivity index (χ2v) is 7.74. The van der Waals surface area contributed by atoms with E-state index in [9.17, 15) is 22.6 Å². The average Bonchev–Trinajstić information content (AvgIpc) is 2.69. The van der Waals surface area contributed by atoms with E-state index < -0.39 is 27.0 Å². The van der Waals surface area contributed by atoms with Crippen molar-refractivity contribution in [2.75, 3.05) is 19.5 Å². The Morgan fingerprint density at radius 1 is 1.07 bits per heavy atom. The van der Waals surface area contributed by atoms with Crippen LogP contribution in [0.25, 0.3) is 0 Å². The molecule has 2 aromatic carbocycles. The Balaban J connectivity index is 2.59. The largest absolute Gasteiger partial charge is 0.466 e. The van der Waals surface area contributed by atoms with Gasteiger partial charge in [0.15, 0.2) is 5.75 Å². The minimum absolute atomic E-state index is 0.0112. The zero-order valence-corrected chi connectivity index (χ0v) is 17.8. The van der Waals surface area contributed by atoms with E-state index in [0.717, 1.165) is 32.4 Å². The highest BCUT2D eigenvalue weighted by molar-refractivity contribution is 7.86. The van der Waals surface area contributed by atoms with Crippen molar-refractivity contribution in [2.24, 2.45) is 0 Å². The Morgan fingerprint density at radius 2 is 1.70 bits per heavy atom. The van der Waals surface area contributed by atoms with Crippen molar-refractivity contribution in [3.05, 3.63) is 58.2 Å². The van der Waals surface area contributed by atoms with Crippen molar-refractivity contribution >= 4 is 50.9 Å². The van der Waals surface area contributed by atoms with E-state index in [-0.39, 0.29) is 27.9 Å². The molecule has 0 radical (unpaired) electrons. The Morgan fingerprint density at radius 3 is 2.23 bits per heavy atom. The van der Waals surface area contributed by atoms with Crippen LogP contribution in [-0.2, 0) is 29.2 Å². The third kappa shape index (κ3) is 6.10. The minimum atomic E-state index is -4.69. The first-order chi connectivity index (χ1) is 14.0. The standard InChI is InChI=1S/C18H15Cl2NO8S/c1-27-17(22)8-14(18(23)28-2)21-13-7-12(20)16(30(24,25)26)9-15(13)29-11-5-3-10(19)4-6-11/h3-9,21H,1-2H3,(H,24,25,26)/b14-8+. The molecule has 0 saturated heterocycles. The van der Waals surface area contributed by atoms with Crippen molar-refractivity contribution in [1.82, 2.24) is 0 Å². The lowest BCUT2D eigenvalue weighted by Gasteiger charge is -2.16. The van der Waals surface area contributed by atoms with Crippen molar-refractivity contribution < 1.29 is 36.8 Å². The first kappa shape index (κ1) is 23.5. The fourth-order valence-corrected chi connectivity index (χ4v) is 3.27. The minimum Gasteiger partial charge on any atom is -0.466 e. The number of ether oxygens (including phenoxy) is 3. The normalized spacial score (nSPS) is 11.6. The number of hydrogen-bond acceptors (Lipinski definition) is 8. The Labute approximate surface area is 181 Å². The number of esters is 2. The summed E-state index contributed by atoms with van der Waals surface area (Å²) in [6.07, 6.45) is 0.822. The van der Waals surface area contributed by atoms with Gasteiger partial charge in [0.1, 0.15) is 16.3 Å². The summed E-state index contributed by atoms with van der Waals surface area (Å²) >= 11 is 11.8. The van der Waals surface area contributed by atoms with E-state index in [1.54, 1.807) is 0 Å². The molecule has 0 spiro atoms. The van der Waals surface area contributed by atoms with Gasteiger partial charge in [0.05, 0.1) is 31.0 Å². The number of carbonyl (C=O) groups is 2. The zero-order chi connectivity index (χ0) is 22.5. The Bertz CT molecular complexity index is 1100. The highest BCUT2D eigenvalue weighted by atomic mass is 35.5. The second-order valence-electron chi connectivity index (χ2n) is 5.51. The monoisotopic (exact) mass is 475 g/mol. The summed E-state index contributed by atoms with van der Waals surface area (Å²) in [4.78, 5) is 22.9. The number of methoxy groups -OCH3 is 2. The fraction of sp³-hybridized carbons (Fsp3) is 0.111. The fourth-order valence-electron chi connectivity index (χ4n) is 2.12. The summed E-state index contributed by atoms with van der Waals surface area (Å²) in [6, 6.07) is 8.09. The van der Waals surface area contributed by atoms with Gasteiger partial charge in [-0.15, -0.1) is 0 Å². The molecule has 30 heavy (non-hydrogen) atoms. The number of nitrogens with one attached hydrogen (secondary N) is 1. The van der Waals surface area contributed by atoms with E-state index in [2.05, 4.69) is 14.8 Å². The molecule has 0 atom stereocenters. The lowest BCUT2D eigenvalue weighted by molar-refractivity contribution is -0.138. The molecular weight excluding hydrogens is 461 g/mol. The zero-order valence-electron chi connectivity index (χ0n) is 15.5. The van der Waals surface area contributed by atoms with Crippen LogP contribution in [0.5, 0.6) is 11.5 Å². The van der Waals surface area contributed by atoms with Crippen molar-refractivity contribution in [3.8, 4) is 11.5 Å². The highest BCUT2D eigenvalue weighted by Crippen LogP contribution is 2.37. The number of rotatable bonds is 7. The summed E-state index contributed by atoms with van der Waals surface area (Å²) in [6.45, 7) is 0. The first-order valence-corrected chi connectivity index (χ1v) is 10.1. The van der Waals surface area contributed by atoms with Crippen LogP contribution in [0.3, 0.4) is 0 Å². The molecule has 0 fully saturated rings. The maximum atomic E-state index is 12.0. The molecule has 2 aromatic rings. The maximum Gasteiger partial charge on any atom is 0.354 e. The van der Waals surface area contributed by atoms with Crippen LogP contribution in [0.15, 0.2) is 53.1 Å². The van der Waals surface area contributed by atoms with Crippen molar-refractivity contribution in [3.63, 3.8) is 0 Å². The molecule has 0 amide bonds. The topological polar surface area (TPSA) is 128 Å². The van der Waals surface area contributed by atoms with Crippen LogP contribution >= 0.6 is 23.2 Å². The molecule has 0 saturated carbocycles. The van der Waals surface area contributed by atoms with Gasteiger partial charge < -0.3 is 19.5 Å². The third-order valence-electron chi connectivity index (χ3n) is 3.49. The summed E-state index contributed by atoms with van der Waals surface area (Å²) < 4.78 is 47.4. The van der Waals surface area contributed by atoms with E-state index in [1.165, 1.54) is 24.3 Å². The smallest absolute Gasteiger partial charge is 0.354 e. The highest BCUT2D eigenvalue weighted by Gasteiger charge is 2.22. The molecule has 0 heterocycles. The van der Waals surface area contributed by atoms with Gasteiger partial charge in [-0.1, -0.05) is 23.2 Å². The van der Waals surface area contributed by atoms with Crippen LogP contribution in [0.2, 0.25) is 10.0 Å². The van der Waals surface area contributed by atoms with E-state index >= 15 is 0 Å². The summed E-state index contributed by atoms with van der Waals surface area (Å²) in [5, 5.41) is 2.65. The molecule has 12 heteroatoms. The SMILES string of the molecule is COC(=O)/C=C(/Nc1cc(Cl)c(S(=O)(=O)O)cc1Oc1ccc(Cl)cc1)C(=O)OC. The van der Waals surface area contributed by atoms with Gasteiger partial charge in [-0.25, -0.2) is 9.59 Å². The lowest BCUT2D eigenvalue weighted by Crippen LogP contribution is -2.16. The lowest BCUT2D eigenvalue weighted by atomic mass is 10.2. The molecule has 160 valence electrons. The van der Waals surface area contributed by atoms with Gasteiger partial charge in [0.25, 0.3) is 10.1 Å². The van der Waals surface area contributed by atoms with Crippen LogP contribution in [0, 0.1) is 0 Å². The summed E-state index contributed by atoms with van der Waals surface area (Å²) in [5.41, 5.74) is -0.358. The predicted molar refractivity (Wildman–Crippen MR) is 109 cm³/mol. The third-order valence-corrected chi connectivity index (χ3v) is 5.06. The average molecular weight is 476 g/mol. The molecular formula is C18H15Cl2NO8S. The van der Waals surface area contributed by atoms with Crippen LogP contribution in [0.1, 0.15) is 0 Å². The van der Waals surface area contributed by atoms with Gasteiger partial charge in [0.2, 0.25) is 0 Å². The van der Waals surface area contributed by atoms with Crippen LogP contribution < -0.4 is 10.1 Å². The van der Waals surface area contributed by atoms with Gasteiger partial charge in [-0.05, 0) is 30.3 Å². The van der Waals surface area contributed by atoms with E-state index in [0.29, 0.717) is 5.02 Å². The number of anilines is 1. The maximum absolute atomic E-state index is 12.0. The van der Waals surface area contributed by atoms with Gasteiger partial charge in [-0.3, -0.25) is 4.55 Å². The molecule has 0 aliphatic carbocycles. The second kappa shape index (κ2) is 9.81. The molecule has 0 aliphatic rings. The quantitative estimate of drug-likeness (QED) is 0.349. The van der Waals surface area contributed by atoms with Crippen molar-refractivity contribution in [1.29, 1.82) is 0 Å². The van der Waals surface area contributed by atoms with Gasteiger partial charge in [0, 0.05) is 11.1 Å². The van der Waals surface area contributed by atoms with Crippen LogP contribution in [-0.4, -0.2) is 39.1 Å². The first-order valence-electron chi connectivity index (χ1n) is 7.94. The molecule has 2 rings (SSSR count). The number of halogens is 2. The van der Waals surface area contributed by atoms with E-state index in [4.69, 9.17) is 27.9 Å². The molecule has 2 N–H and O–H groups in total. The molecule has 9 nitrogen and oxygen atoms in total. The van der Waals surface area contributed by atoms with Crippen molar-refractivity contribution in [2.45, 2.75) is 4.90 Å². The molecule has 0 bridgehead atoms. The number of hydrogen-bond donors (Lipinski definition) is 2. The molecule has 0 unspecified atom stereocenters. The van der Waals surface area contributed by atoms with Crippen LogP contribution in [0.4, 0.5) is 5.69 Å². The summed E-state index contributed by atoms with van der Waals surface area (Å²) in [7, 11) is -2.48. The number of benzene rings is 2. The predicted octanol–water partition coefficient (Wildman–Crippen LogP) is 3.67. The number of carbonyl (C=O) groups excluding carboxylic acids is 2. The Hall–Kier alpha value is -2.79. The van der Waals surface area contributed by atoms with Gasteiger partial charge >= 0.3 is 11.9 Å².